The van der Waals surface area contributed by atoms with E-state index in [4.69, 9.17) is 5.11 Å². The summed E-state index contributed by atoms with van der Waals surface area (Å²) < 4.78 is 1.66. The molecule has 3 aliphatic rings. The highest BCUT2D eigenvalue weighted by molar-refractivity contribution is 5.85. The maximum Gasteiger partial charge on any atom is 0.356 e. The van der Waals surface area contributed by atoms with E-state index in [-0.39, 0.29) is 17.0 Å². The molecule has 1 spiro atoms. The van der Waals surface area contributed by atoms with Crippen LogP contribution in [0.4, 0.5) is 0 Å². The van der Waals surface area contributed by atoms with Crippen LogP contribution in [-0.2, 0) is 18.4 Å². The summed E-state index contributed by atoms with van der Waals surface area (Å²) in [5, 5.41) is 13.1. The average Bonchev–Trinajstić information content (AvgIpc) is 3.22. The zero-order valence-corrected chi connectivity index (χ0v) is 15.5. The quantitative estimate of drug-likeness (QED) is 0.885. The Bertz CT molecular complexity index is 700. The summed E-state index contributed by atoms with van der Waals surface area (Å²) in [5.41, 5.74) is 1.27. The number of carboxylic acid groups (broad SMARTS) is 1. The first kappa shape index (κ1) is 17.5. The third-order valence-electron chi connectivity index (χ3n) is 6.59. The molecule has 7 heteroatoms. The maximum atomic E-state index is 12.8. The predicted octanol–water partition coefficient (Wildman–Crippen LogP) is 1.73. The van der Waals surface area contributed by atoms with E-state index in [1.807, 2.05) is 0 Å². The Morgan fingerprint density at radius 1 is 1.19 bits per heavy atom. The first-order chi connectivity index (χ1) is 12.5. The van der Waals surface area contributed by atoms with Crippen molar-refractivity contribution in [3.05, 3.63) is 17.5 Å². The number of rotatable bonds is 4. The SMILES string of the molecule is Cn1nc(C(=O)O)cc1CN1CCC2(CC1)CC2C(=O)N1CCCCC1. The standard InChI is InChI=1S/C19H28N4O3/c1-21-14(11-16(20-21)18(25)26)13-22-9-5-19(6-10-22)12-15(19)17(24)23-7-3-2-4-8-23/h11,15H,2-10,12-13H2,1H3,(H,25,26). The third kappa shape index (κ3) is 3.24. The number of likely N-dealkylation sites (tertiary alicyclic amines) is 2. The van der Waals surface area contributed by atoms with Gasteiger partial charge in [0.2, 0.25) is 5.91 Å². The molecule has 0 radical (unpaired) electrons. The second-order valence-electron chi connectivity index (χ2n) is 8.23. The van der Waals surface area contributed by atoms with Gasteiger partial charge >= 0.3 is 5.97 Å². The molecule has 3 fully saturated rings. The van der Waals surface area contributed by atoms with E-state index in [1.165, 1.54) is 6.42 Å². The molecule has 142 valence electrons. The van der Waals surface area contributed by atoms with E-state index in [9.17, 15) is 9.59 Å². The van der Waals surface area contributed by atoms with Crippen molar-refractivity contribution in [1.29, 1.82) is 0 Å². The number of carboxylic acids is 1. The van der Waals surface area contributed by atoms with Crippen molar-refractivity contribution in [3.8, 4) is 0 Å². The second kappa shape index (κ2) is 6.68. The fraction of sp³-hybridized carbons (Fsp3) is 0.737. The summed E-state index contributed by atoms with van der Waals surface area (Å²) in [6, 6.07) is 1.66. The van der Waals surface area contributed by atoms with Crippen LogP contribution in [0.15, 0.2) is 6.07 Å². The smallest absolute Gasteiger partial charge is 0.356 e. The molecule has 1 N–H and O–H groups in total. The Labute approximate surface area is 153 Å². The highest BCUT2D eigenvalue weighted by Crippen LogP contribution is 2.60. The van der Waals surface area contributed by atoms with E-state index in [1.54, 1.807) is 17.8 Å². The van der Waals surface area contributed by atoms with Gasteiger partial charge in [-0.15, -0.1) is 0 Å². The van der Waals surface area contributed by atoms with E-state index in [0.29, 0.717) is 5.91 Å². The van der Waals surface area contributed by atoms with Gasteiger partial charge < -0.3 is 10.0 Å². The minimum absolute atomic E-state index is 0.102. The molecule has 1 amide bonds. The number of aromatic nitrogens is 2. The van der Waals surface area contributed by atoms with Gasteiger partial charge in [0.05, 0.1) is 5.69 Å². The van der Waals surface area contributed by atoms with Crippen molar-refractivity contribution in [3.63, 3.8) is 0 Å². The maximum absolute atomic E-state index is 12.8. The van der Waals surface area contributed by atoms with Crippen molar-refractivity contribution < 1.29 is 14.7 Å². The number of aryl methyl sites for hydroxylation is 1. The molecule has 3 heterocycles. The van der Waals surface area contributed by atoms with Gasteiger partial charge in [-0.3, -0.25) is 14.4 Å². The molecule has 1 aromatic rings. The monoisotopic (exact) mass is 360 g/mol. The van der Waals surface area contributed by atoms with Crippen LogP contribution >= 0.6 is 0 Å². The van der Waals surface area contributed by atoms with Gasteiger partial charge in [-0.25, -0.2) is 4.79 Å². The topological polar surface area (TPSA) is 78.7 Å². The van der Waals surface area contributed by atoms with Crippen LogP contribution < -0.4 is 0 Å². The molecule has 2 saturated heterocycles. The molecule has 26 heavy (non-hydrogen) atoms. The second-order valence-corrected chi connectivity index (χ2v) is 8.23. The van der Waals surface area contributed by atoms with E-state index >= 15 is 0 Å². The van der Waals surface area contributed by atoms with Crippen molar-refractivity contribution in [2.75, 3.05) is 26.2 Å². The molecule has 1 unspecified atom stereocenters. The largest absolute Gasteiger partial charge is 0.476 e. The Morgan fingerprint density at radius 3 is 2.50 bits per heavy atom. The van der Waals surface area contributed by atoms with Crippen LogP contribution in [0.3, 0.4) is 0 Å². The molecule has 1 aliphatic carbocycles. The summed E-state index contributed by atoms with van der Waals surface area (Å²) in [6.07, 6.45) is 6.77. The van der Waals surface area contributed by atoms with Crippen LogP contribution in [0.25, 0.3) is 0 Å². The predicted molar refractivity (Wildman–Crippen MR) is 95.6 cm³/mol. The van der Waals surface area contributed by atoms with Gasteiger partial charge in [-0.05, 0) is 63.1 Å². The highest BCUT2D eigenvalue weighted by atomic mass is 16.4. The summed E-state index contributed by atoms with van der Waals surface area (Å²) in [5.74, 6) is -0.338. The molecule has 1 aromatic heterocycles. The van der Waals surface area contributed by atoms with Crippen LogP contribution in [-0.4, -0.2) is 62.7 Å². The third-order valence-corrected chi connectivity index (χ3v) is 6.59. The van der Waals surface area contributed by atoms with Crippen molar-refractivity contribution in [2.24, 2.45) is 18.4 Å². The fourth-order valence-electron chi connectivity index (χ4n) is 4.73. The zero-order chi connectivity index (χ0) is 18.3. The van der Waals surface area contributed by atoms with Crippen LogP contribution in [0.5, 0.6) is 0 Å². The number of hydrogen-bond donors (Lipinski definition) is 1. The first-order valence-corrected chi connectivity index (χ1v) is 9.76. The van der Waals surface area contributed by atoms with Crippen LogP contribution in [0.2, 0.25) is 0 Å². The lowest BCUT2D eigenvalue weighted by molar-refractivity contribution is -0.134. The summed E-state index contributed by atoms with van der Waals surface area (Å²) in [4.78, 5) is 28.3. The van der Waals surface area contributed by atoms with Gasteiger partial charge in [0.1, 0.15) is 0 Å². The fourth-order valence-corrected chi connectivity index (χ4v) is 4.73. The lowest BCUT2D eigenvalue weighted by Crippen LogP contribution is -2.40. The minimum Gasteiger partial charge on any atom is -0.476 e. The van der Waals surface area contributed by atoms with Gasteiger partial charge in [-0.2, -0.15) is 5.10 Å². The molecular formula is C19H28N4O3. The Hall–Kier alpha value is -1.89. The molecule has 1 atom stereocenters. The van der Waals surface area contributed by atoms with Crippen molar-refractivity contribution in [2.45, 2.75) is 45.1 Å². The number of carbonyl (C=O) groups is 2. The van der Waals surface area contributed by atoms with E-state index < -0.39 is 5.97 Å². The minimum atomic E-state index is -0.985. The molecular weight excluding hydrogens is 332 g/mol. The summed E-state index contributed by atoms with van der Waals surface area (Å²) >= 11 is 0. The normalized spacial score (nSPS) is 25.4. The Kier molecular flexibility index (Phi) is 4.50. The molecule has 2 aliphatic heterocycles. The average molecular weight is 360 g/mol. The molecule has 4 rings (SSSR count). The lowest BCUT2D eigenvalue weighted by Gasteiger charge is -2.34. The number of hydrogen-bond acceptors (Lipinski definition) is 4. The highest BCUT2D eigenvalue weighted by Gasteiger charge is 2.59. The number of nitrogens with zero attached hydrogens (tertiary/aromatic N) is 4. The lowest BCUT2D eigenvalue weighted by atomic mass is 9.90. The molecule has 0 aromatic carbocycles. The van der Waals surface area contributed by atoms with Gasteiger partial charge in [0, 0.05) is 32.6 Å². The summed E-state index contributed by atoms with van der Waals surface area (Å²) in [6.45, 7) is 4.56. The van der Waals surface area contributed by atoms with Crippen LogP contribution in [0.1, 0.15) is 54.7 Å². The van der Waals surface area contributed by atoms with E-state index in [2.05, 4.69) is 14.9 Å². The summed E-state index contributed by atoms with van der Waals surface area (Å²) in [7, 11) is 1.79. The number of piperidine rings is 2. The van der Waals surface area contributed by atoms with Gasteiger partial charge in [0.25, 0.3) is 0 Å². The van der Waals surface area contributed by atoms with Crippen LogP contribution in [0, 0.1) is 11.3 Å². The van der Waals surface area contributed by atoms with Crippen molar-refractivity contribution in [1.82, 2.24) is 19.6 Å². The molecule has 7 nitrogen and oxygen atoms in total. The first-order valence-electron chi connectivity index (χ1n) is 9.76. The van der Waals surface area contributed by atoms with E-state index in [0.717, 1.165) is 70.5 Å². The Morgan fingerprint density at radius 2 is 1.88 bits per heavy atom. The Balaban J connectivity index is 1.31. The zero-order valence-electron chi connectivity index (χ0n) is 15.5. The number of amides is 1. The molecule has 0 bridgehead atoms. The molecule has 1 saturated carbocycles. The van der Waals surface area contributed by atoms with Gasteiger partial charge in [-0.1, -0.05) is 0 Å². The van der Waals surface area contributed by atoms with Gasteiger partial charge in [0.15, 0.2) is 5.69 Å². The number of aromatic carboxylic acids is 1. The number of carbonyl (C=O) groups excluding carboxylic acids is 1. The van der Waals surface area contributed by atoms with Crippen molar-refractivity contribution >= 4 is 11.9 Å².